The molecule has 1 aromatic carbocycles. The first kappa shape index (κ1) is 11.3. The molecular weight excluding hydrogens is 194 g/mol. The molecule has 0 bridgehead atoms. The standard InChI is InChI=1S/C10H15N3O2/c1-10(2,13(14)15)7-12-9-5-3-8(11)4-6-9/h3-6,12H,7,11H2,1-2H3. The van der Waals surface area contributed by atoms with Crippen LogP contribution in [0.25, 0.3) is 0 Å². The fourth-order valence-corrected chi connectivity index (χ4v) is 0.984. The summed E-state index contributed by atoms with van der Waals surface area (Å²) < 4.78 is 0. The number of hydrogen-bond donors (Lipinski definition) is 2. The Morgan fingerprint density at radius 2 is 1.93 bits per heavy atom. The van der Waals surface area contributed by atoms with Gasteiger partial charge in [-0.15, -0.1) is 0 Å². The first-order chi connectivity index (χ1) is 6.92. The molecule has 0 fully saturated rings. The zero-order valence-corrected chi connectivity index (χ0v) is 8.86. The molecule has 3 N–H and O–H groups in total. The smallest absolute Gasteiger partial charge is 0.233 e. The molecule has 1 rings (SSSR count). The van der Waals surface area contributed by atoms with Gasteiger partial charge in [0.1, 0.15) is 0 Å². The van der Waals surface area contributed by atoms with E-state index < -0.39 is 5.54 Å². The zero-order valence-electron chi connectivity index (χ0n) is 8.86. The van der Waals surface area contributed by atoms with E-state index in [2.05, 4.69) is 5.32 Å². The van der Waals surface area contributed by atoms with Gasteiger partial charge in [0, 0.05) is 30.1 Å². The van der Waals surface area contributed by atoms with Crippen LogP contribution in [0, 0.1) is 10.1 Å². The molecule has 82 valence electrons. The van der Waals surface area contributed by atoms with Crippen LogP contribution in [0.1, 0.15) is 13.8 Å². The molecule has 0 aliphatic heterocycles. The summed E-state index contributed by atoms with van der Waals surface area (Å²) in [5.74, 6) is 0. The highest BCUT2D eigenvalue weighted by molar-refractivity contribution is 5.51. The van der Waals surface area contributed by atoms with Gasteiger partial charge >= 0.3 is 0 Å². The molecule has 0 aliphatic carbocycles. The summed E-state index contributed by atoms with van der Waals surface area (Å²) in [6.45, 7) is 3.44. The van der Waals surface area contributed by atoms with E-state index in [1.807, 2.05) is 0 Å². The van der Waals surface area contributed by atoms with E-state index in [0.29, 0.717) is 5.69 Å². The highest BCUT2D eigenvalue weighted by atomic mass is 16.6. The van der Waals surface area contributed by atoms with Crippen LogP contribution in [-0.2, 0) is 0 Å². The lowest BCUT2D eigenvalue weighted by molar-refractivity contribution is -0.556. The molecule has 1 aromatic rings. The summed E-state index contributed by atoms with van der Waals surface area (Å²) in [6.07, 6.45) is 0. The second-order valence-electron chi connectivity index (χ2n) is 4.05. The third kappa shape index (κ3) is 3.12. The van der Waals surface area contributed by atoms with E-state index in [4.69, 9.17) is 5.73 Å². The van der Waals surface area contributed by atoms with Crippen molar-refractivity contribution in [2.24, 2.45) is 0 Å². The minimum absolute atomic E-state index is 0.282. The number of rotatable bonds is 4. The molecule has 15 heavy (non-hydrogen) atoms. The molecule has 0 atom stereocenters. The van der Waals surface area contributed by atoms with Crippen LogP contribution >= 0.6 is 0 Å². The lowest BCUT2D eigenvalue weighted by Gasteiger charge is -2.16. The number of hydrogen-bond acceptors (Lipinski definition) is 4. The molecule has 0 amide bonds. The Kier molecular flexibility index (Phi) is 3.14. The van der Waals surface area contributed by atoms with Crippen molar-refractivity contribution >= 4 is 11.4 Å². The Labute approximate surface area is 88.4 Å². The van der Waals surface area contributed by atoms with Gasteiger partial charge in [-0.3, -0.25) is 10.1 Å². The average Bonchev–Trinajstić information content (AvgIpc) is 2.17. The number of nitro groups is 1. The molecule has 0 spiro atoms. The monoisotopic (exact) mass is 209 g/mol. The summed E-state index contributed by atoms with van der Waals surface area (Å²) >= 11 is 0. The second-order valence-corrected chi connectivity index (χ2v) is 4.05. The number of anilines is 2. The first-order valence-electron chi connectivity index (χ1n) is 4.66. The number of nitrogens with one attached hydrogen (secondary N) is 1. The van der Waals surface area contributed by atoms with Gasteiger partial charge in [0.25, 0.3) is 0 Å². The molecular formula is C10H15N3O2. The Morgan fingerprint density at radius 1 is 1.40 bits per heavy atom. The van der Waals surface area contributed by atoms with Gasteiger partial charge in [0.2, 0.25) is 5.54 Å². The van der Waals surface area contributed by atoms with Crippen molar-refractivity contribution in [1.29, 1.82) is 0 Å². The van der Waals surface area contributed by atoms with Crippen molar-refractivity contribution in [2.45, 2.75) is 19.4 Å². The summed E-state index contributed by atoms with van der Waals surface area (Å²) in [7, 11) is 0. The quantitative estimate of drug-likeness (QED) is 0.449. The number of benzene rings is 1. The Balaban J connectivity index is 2.57. The summed E-state index contributed by atoms with van der Waals surface area (Å²) in [4.78, 5) is 10.3. The van der Waals surface area contributed by atoms with Crippen LogP contribution in [0.2, 0.25) is 0 Å². The zero-order chi connectivity index (χ0) is 11.5. The maximum absolute atomic E-state index is 10.6. The lowest BCUT2D eigenvalue weighted by atomic mass is 10.1. The van der Waals surface area contributed by atoms with Crippen molar-refractivity contribution in [3.05, 3.63) is 34.4 Å². The highest BCUT2D eigenvalue weighted by Gasteiger charge is 2.29. The largest absolute Gasteiger partial charge is 0.399 e. The molecule has 0 aromatic heterocycles. The maximum Gasteiger partial charge on any atom is 0.233 e. The predicted molar refractivity (Wildman–Crippen MR) is 60.4 cm³/mol. The third-order valence-corrected chi connectivity index (χ3v) is 2.13. The van der Waals surface area contributed by atoms with E-state index in [0.717, 1.165) is 5.69 Å². The van der Waals surface area contributed by atoms with Crippen LogP contribution < -0.4 is 11.1 Å². The van der Waals surface area contributed by atoms with Gasteiger partial charge in [0.05, 0.1) is 6.54 Å². The fraction of sp³-hybridized carbons (Fsp3) is 0.400. The van der Waals surface area contributed by atoms with E-state index in [1.54, 1.807) is 38.1 Å². The number of nitrogens with two attached hydrogens (primary N) is 1. The van der Waals surface area contributed by atoms with Crippen LogP contribution in [0.4, 0.5) is 11.4 Å². The van der Waals surface area contributed by atoms with Crippen molar-refractivity contribution in [3.63, 3.8) is 0 Å². The van der Waals surface area contributed by atoms with Gasteiger partial charge < -0.3 is 11.1 Å². The van der Waals surface area contributed by atoms with Crippen molar-refractivity contribution in [2.75, 3.05) is 17.6 Å². The lowest BCUT2D eigenvalue weighted by Crippen LogP contribution is -2.38. The fourth-order valence-electron chi connectivity index (χ4n) is 0.984. The van der Waals surface area contributed by atoms with Crippen LogP contribution in [0.5, 0.6) is 0 Å². The van der Waals surface area contributed by atoms with Gasteiger partial charge in [-0.05, 0) is 24.3 Å². The first-order valence-corrected chi connectivity index (χ1v) is 4.66. The Hall–Kier alpha value is -1.78. The van der Waals surface area contributed by atoms with Crippen molar-refractivity contribution < 1.29 is 4.92 Å². The predicted octanol–water partition coefficient (Wildman–Crippen LogP) is 1.74. The van der Waals surface area contributed by atoms with E-state index >= 15 is 0 Å². The van der Waals surface area contributed by atoms with Gasteiger partial charge in [-0.25, -0.2) is 0 Å². The summed E-state index contributed by atoms with van der Waals surface area (Å²) in [6, 6.07) is 7.10. The second kappa shape index (κ2) is 4.16. The van der Waals surface area contributed by atoms with Crippen molar-refractivity contribution in [3.8, 4) is 0 Å². The molecule has 0 radical (unpaired) electrons. The average molecular weight is 209 g/mol. The SMILES string of the molecule is CC(C)(CNc1ccc(N)cc1)[N+](=O)[O-]. The summed E-state index contributed by atoms with van der Waals surface area (Å²) in [5.41, 5.74) is 6.06. The normalized spacial score (nSPS) is 11.1. The van der Waals surface area contributed by atoms with Crippen LogP contribution in [-0.4, -0.2) is 17.0 Å². The number of nitrogens with zero attached hydrogens (tertiary/aromatic N) is 1. The van der Waals surface area contributed by atoms with Crippen molar-refractivity contribution in [1.82, 2.24) is 0 Å². The summed E-state index contributed by atoms with van der Waals surface area (Å²) in [5, 5.41) is 13.6. The number of nitrogen functional groups attached to an aromatic ring is 1. The topological polar surface area (TPSA) is 81.2 Å². The minimum atomic E-state index is -0.971. The van der Waals surface area contributed by atoms with Crippen LogP contribution in [0.3, 0.4) is 0 Å². The van der Waals surface area contributed by atoms with E-state index in [1.165, 1.54) is 0 Å². The molecule has 0 saturated carbocycles. The van der Waals surface area contributed by atoms with Gasteiger partial charge in [-0.2, -0.15) is 0 Å². The molecule has 5 nitrogen and oxygen atoms in total. The Bertz CT molecular complexity index is 346. The molecule has 0 saturated heterocycles. The van der Waals surface area contributed by atoms with E-state index in [9.17, 15) is 10.1 Å². The third-order valence-electron chi connectivity index (χ3n) is 2.13. The molecule has 0 heterocycles. The van der Waals surface area contributed by atoms with Gasteiger partial charge in [-0.1, -0.05) is 0 Å². The molecule has 0 unspecified atom stereocenters. The van der Waals surface area contributed by atoms with Gasteiger partial charge in [0.15, 0.2) is 0 Å². The molecule has 0 aliphatic rings. The minimum Gasteiger partial charge on any atom is -0.399 e. The Morgan fingerprint density at radius 3 is 2.40 bits per heavy atom. The van der Waals surface area contributed by atoms with E-state index in [-0.39, 0.29) is 11.5 Å². The van der Waals surface area contributed by atoms with Crippen LogP contribution in [0.15, 0.2) is 24.3 Å². The maximum atomic E-state index is 10.6. The molecule has 5 heteroatoms. The highest BCUT2D eigenvalue weighted by Crippen LogP contribution is 2.13.